The van der Waals surface area contributed by atoms with Crippen molar-refractivity contribution >= 4 is 23.2 Å². The van der Waals surface area contributed by atoms with Crippen LogP contribution in [0.2, 0.25) is 5.02 Å². The Balaban J connectivity index is 2.36. The number of methoxy groups -OCH3 is 1. The number of nitrogens with one attached hydrogen (secondary N) is 1. The van der Waals surface area contributed by atoms with Gasteiger partial charge in [0.05, 0.1) is 7.11 Å². The van der Waals surface area contributed by atoms with E-state index in [4.69, 9.17) is 21.9 Å². The zero-order valence-corrected chi connectivity index (χ0v) is 12.3. The molecule has 0 radical (unpaired) electrons. The lowest BCUT2D eigenvalue weighted by atomic mass is 9.84. The first-order valence-electron chi connectivity index (χ1n) is 6.44. The van der Waals surface area contributed by atoms with Crippen LogP contribution in [0.4, 0.5) is 5.69 Å². The number of nitrogens with zero attached hydrogens (tertiary/aromatic N) is 3. The monoisotopic (exact) mass is 314 g/mol. The number of amides is 1. The second-order valence-corrected chi connectivity index (χ2v) is 5.15. The quantitative estimate of drug-likeness (QED) is 0.530. The summed E-state index contributed by atoms with van der Waals surface area (Å²) >= 11 is 6.24. The zero-order valence-electron chi connectivity index (χ0n) is 11.6. The number of benzene rings is 2. The number of hydrogen-bond acceptors (Lipinski definition) is 3. The van der Waals surface area contributed by atoms with E-state index < -0.39 is 11.4 Å². The van der Waals surface area contributed by atoms with E-state index >= 15 is 0 Å². The minimum atomic E-state index is -1.54. The third-order valence-electron chi connectivity index (χ3n) is 3.65. The average molecular weight is 315 g/mol. The van der Waals surface area contributed by atoms with Gasteiger partial charge in [0.2, 0.25) is 5.91 Å². The molecule has 0 aliphatic carbocycles. The molecule has 1 atom stereocenters. The summed E-state index contributed by atoms with van der Waals surface area (Å²) in [4.78, 5) is 15.5. The predicted octanol–water partition coefficient (Wildman–Crippen LogP) is 3.85. The summed E-state index contributed by atoms with van der Waals surface area (Å²) in [7, 11) is 1.52. The molecular weight excluding hydrogens is 304 g/mol. The first kappa shape index (κ1) is 14.3. The number of ether oxygens (including phenoxy) is 1. The summed E-state index contributed by atoms with van der Waals surface area (Å²) in [6, 6.07) is 11.9. The summed E-state index contributed by atoms with van der Waals surface area (Å²) in [5, 5.41) is 6.89. The van der Waals surface area contributed by atoms with Crippen LogP contribution in [-0.2, 0) is 10.3 Å². The van der Waals surface area contributed by atoms with Crippen molar-refractivity contribution in [1.82, 2.24) is 0 Å². The Morgan fingerprint density at radius 1 is 1.27 bits per heavy atom. The van der Waals surface area contributed by atoms with Crippen LogP contribution in [-0.4, -0.2) is 13.0 Å². The van der Waals surface area contributed by atoms with Gasteiger partial charge in [-0.15, -0.1) is 0 Å². The molecule has 7 heteroatoms. The van der Waals surface area contributed by atoms with Crippen LogP contribution in [0.15, 0.2) is 47.6 Å². The molecule has 0 bridgehead atoms. The third-order valence-corrected chi connectivity index (χ3v) is 3.98. The molecule has 0 aromatic heterocycles. The van der Waals surface area contributed by atoms with E-state index in [-0.39, 0.29) is 0 Å². The second kappa shape index (κ2) is 5.26. The van der Waals surface area contributed by atoms with E-state index in [2.05, 4.69) is 15.3 Å². The largest absolute Gasteiger partial charge is 0.497 e. The smallest absolute Gasteiger partial charge is 0.245 e. The highest BCUT2D eigenvalue weighted by atomic mass is 35.5. The molecule has 3 rings (SSSR count). The van der Waals surface area contributed by atoms with Gasteiger partial charge in [0.15, 0.2) is 5.54 Å². The number of hydrogen-bond donors (Lipinski definition) is 1. The Morgan fingerprint density at radius 2 is 2.05 bits per heavy atom. The highest BCUT2D eigenvalue weighted by molar-refractivity contribution is 6.32. The van der Waals surface area contributed by atoms with Crippen molar-refractivity contribution in [3.8, 4) is 5.75 Å². The molecule has 2 aromatic rings. The van der Waals surface area contributed by atoms with Gasteiger partial charge < -0.3 is 10.1 Å². The molecule has 0 saturated heterocycles. The van der Waals surface area contributed by atoms with Gasteiger partial charge in [-0.2, -0.15) is 0 Å². The van der Waals surface area contributed by atoms with Crippen LogP contribution < -0.4 is 10.1 Å². The first-order valence-corrected chi connectivity index (χ1v) is 6.82. The SMILES string of the molecule is COc1ccc2c(c1)C(N=[N+]=[N-])(c1ccccc1Cl)C(=O)N2. The predicted molar refractivity (Wildman–Crippen MR) is 83.0 cm³/mol. The molecule has 1 amide bonds. The fourth-order valence-corrected chi connectivity index (χ4v) is 2.91. The Hall–Kier alpha value is -2.69. The van der Waals surface area contributed by atoms with Crippen molar-refractivity contribution in [2.24, 2.45) is 5.11 Å². The van der Waals surface area contributed by atoms with Crippen molar-refractivity contribution in [3.05, 3.63) is 69.1 Å². The topological polar surface area (TPSA) is 87.1 Å². The van der Waals surface area contributed by atoms with E-state index in [9.17, 15) is 4.79 Å². The highest BCUT2D eigenvalue weighted by Crippen LogP contribution is 2.47. The van der Waals surface area contributed by atoms with Gasteiger partial charge in [-0.3, -0.25) is 4.79 Å². The summed E-state index contributed by atoms with van der Waals surface area (Å²) in [5.41, 5.74) is 8.99. The van der Waals surface area contributed by atoms with Crippen LogP contribution in [0.5, 0.6) is 5.75 Å². The van der Waals surface area contributed by atoms with Crippen molar-refractivity contribution < 1.29 is 9.53 Å². The van der Waals surface area contributed by atoms with Crippen molar-refractivity contribution in [3.63, 3.8) is 0 Å². The number of halogens is 1. The van der Waals surface area contributed by atoms with Crippen molar-refractivity contribution in [2.45, 2.75) is 5.54 Å². The molecule has 6 nitrogen and oxygen atoms in total. The lowest BCUT2D eigenvalue weighted by Gasteiger charge is -2.23. The fourth-order valence-electron chi connectivity index (χ4n) is 2.64. The van der Waals surface area contributed by atoms with Crippen LogP contribution in [0.25, 0.3) is 10.4 Å². The van der Waals surface area contributed by atoms with Gasteiger partial charge in [0.25, 0.3) is 0 Å². The van der Waals surface area contributed by atoms with E-state index in [0.29, 0.717) is 27.6 Å². The van der Waals surface area contributed by atoms with E-state index in [1.54, 1.807) is 42.5 Å². The van der Waals surface area contributed by atoms with Crippen molar-refractivity contribution in [1.29, 1.82) is 0 Å². The minimum Gasteiger partial charge on any atom is -0.497 e. The summed E-state index contributed by atoms with van der Waals surface area (Å²) < 4.78 is 5.21. The normalized spacial score (nSPS) is 19.1. The summed E-state index contributed by atoms with van der Waals surface area (Å²) in [5.74, 6) is 0.112. The van der Waals surface area contributed by atoms with Gasteiger partial charge in [-0.25, -0.2) is 0 Å². The first-order chi connectivity index (χ1) is 10.6. The molecule has 110 valence electrons. The molecule has 22 heavy (non-hydrogen) atoms. The number of carbonyl (C=O) groups excluding carboxylic acids is 1. The Morgan fingerprint density at radius 3 is 2.73 bits per heavy atom. The standard InChI is InChI=1S/C15H11ClN4O2/c1-22-9-6-7-13-11(8-9)15(19-20-17,14(21)18-13)10-4-2-3-5-12(10)16/h2-8H,1H3,(H,18,21). The molecule has 1 heterocycles. The van der Waals surface area contributed by atoms with Gasteiger partial charge in [-0.1, -0.05) is 34.9 Å². The lowest BCUT2D eigenvalue weighted by molar-refractivity contribution is -0.119. The Kier molecular flexibility index (Phi) is 3.41. The maximum absolute atomic E-state index is 12.6. The summed E-state index contributed by atoms with van der Waals surface area (Å²) in [6.07, 6.45) is 0. The number of azide groups is 1. The number of fused-ring (bicyclic) bond motifs is 1. The van der Waals surface area contributed by atoms with Gasteiger partial charge in [0, 0.05) is 21.2 Å². The van der Waals surface area contributed by atoms with E-state index in [1.807, 2.05) is 0 Å². The van der Waals surface area contributed by atoms with Crippen molar-refractivity contribution in [2.75, 3.05) is 12.4 Å². The Labute approximate surface area is 131 Å². The highest BCUT2D eigenvalue weighted by Gasteiger charge is 2.49. The molecule has 0 spiro atoms. The molecule has 1 aliphatic heterocycles. The van der Waals surface area contributed by atoms with Gasteiger partial charge >= 0.3 is 0 Å². The second-order valence-electron chi connectivity index (χ2n) is 4.75. The number of carbonyl (C=O) groups is 1. The molecule has 1 aliphatic rings. The maximum Gasteiger partial charge on any atom is 0.245 e. The molecule has 0 saturated carbocycles. The number of anilines is 1. The lowest BCUT2D eigenvalue weighted by Crippen LogP contribution is -2.33. The van der Waals surface area contributed by atoms with Crippen LogP contribution >= 0.6 is 11.6 Å². The third kappa shape index (κ3) is 1.89. The molecular formula is C15H11ClN4O2. The van der Waals surface area contributed by atoms with Crippen LogP contribution in [0.3, 0.4) is 0 Å². The van der Waals surface area contributed by atoms with Gasteiger partial charge in [0.1, 0.15) is 5.75 Å². The van der Waals surface area contributed by atoms with E-state index in [1.165, 1.54) is 7.11 Å². The fraction of sp³-hybridized carbons (Fsp3) is 0.133. The number of rotatable bonds is 3. The molecule has 1 N–H and O–H groups in total. The molecule has 1 unspecified atom stereocenters. The average Bonchev–Trinajstić information content (AvgIpc) is 2.80. The summed E-state index contributed by atoms with van der Waals surface area (Å²) in [6.45, 7) is 0. The Bertz CT molecular complexity index is 817. The van der Waals surface area contributed by atoms with Gasteiger partial charge in [-0.05, 0) is 35.4 Å². The molecule has 0 fully saturated rings. The minimum absolute atomic E-state index is 0.348. The molecule has 2 aromatic carbocycles. The maximum atomic E-state index is 12.6. The van der Waals surface area contributed by atoms with Crippen LogP contribution in [0, 0.1) is 0 Å². The van der Waals surface area contributed by atoms with Crippen LogP contribution in [0.1, 0.15) is 11.1 Å². The zero-order chi connectivity index (χ0) is 15.7. The van der Waals surface area contributed by atoms with E-state index in [0.717, 1.165) is 0 Å².